The summed E-state index contributed by atoms with van der Waals surface area (Å²) in [6, 6.07) is 18.4. The molecule has 0 unspecified atom stereocenters. The minimum atomic E-state index is -0.254. The number of methoxy groups -OCH3 is 3. The van der Waals surface area contributed by atoms with Crippen LogP contribution in [-0.4, -0.2) is 37.2 Å². The average Bonchev–Trinajstić information content (AvgIpc) is 3.62. The molecule has 0 saturated heterocycles. The Morgan fingerprint density at radius 3 is 2.43 bits per heavy atom. The van der Waals surface area contributed by atoms with E-state index in [1.807, 2.05) is 41.8 Å². The molecule has 0 aliphatic rings. The van der Waals surface area contributed by atoms with Crippen LogP contribution in [0, 0.1) is 0 Å². The van der Waals surface area contributed by atoms with E-state index in [2.05, 4.69) is 15.6 Å². The van der Waals surface area contributed by atoms with Gasteiger partial charge >= 0.3 is 0 Å². The number of carbonyl (C=O) groups excluding carboxylic acids is 1. The lowest BCUT2D eigenvalue weighted by molar-refractivity contribution is -0.111. The van der Waals surface area contributed by atoms with Gasteiger partial charge in [-0.05, 0) is 35.9 Å². The minimum Gasteiger partial charge on any atom is -0.493 e. The van der Waals surface area contributed by atoms with Crippen LogP contribution in [0.4, 0.5) is 22.3 Å². The molecule has 0 spiro atoms. The van der Waals surface area contributed by atoms with Gasteiger partial charge in [-0.1, -0.05) is 47.2 Å². The number of hydrogen-bond acceptors (Lipinski definition) is 10. The first-order valence-corrected chi connectivity index (χ1v) is 14.6. The Morgan fingerprint density at radius 2 is 1.71 bits per heavy atom. The van der Waals surface area contributed by atoms with E-state index in [1.54, 1.807) is 51.7 Å². The van der Waals surface area contributed by atoms with Crippen molar-refractivity contribution in [1.29, 1.82) is 0 Å². The molecule has 0 radical (unpaired) electrons. The summed E-state index contributed by atoms with van der Waals surface area (Å²) in [6.45, 7) is 0. The quantitative estimate of drug-likeness (QED) is 0.137. The number of hydrogen-bond donors (Lipinski definition) is 3. The minimum absolute atomic E-state index is 0.254. The number of anilines is 4. The van der Waals surface area contributed by atoms with E-state index >= 15 is 0 Å². The normalized spacial score (nSPS) is 11.0. The summed E-state index contributed by atoms with van der Waals surface area (Å²) in [5, 5.41) is 10.0. The molecule has 5 rings (SSSR count). The van der Waals surface area contributed by atoms with E-state index in [0.717, 1.165) is 26.7 Å². The van der Waals surface area contributed by atoms with Crippen LogP contribution in [0.15, 0.2) is 72.1 Å². The predicted octanol–water partition coefficient (Wildman–Crippen LogP) is 7.59. The molecule has 1 amide bonds. The predicted molar refractivity (Wildman–Crippen MR) is 172 cm³/mol. The fourth-order valence-corrected chi connectivity index (χ4v) is 6.08. The number of halogens is 1. The van der Waals surface area contributed by atoms with Gasteiger partial charge in [0, 0.05) is 45.5 Å². The molecule has 0 fully saturated rings. The lowest BCUT2D eigenvalue weighted by Crippen LogP contribution is -2.07. The van der Waals surface area contributed by atoms with Gasteiger partial charge in [0.1, 0.15) is 15.7 Å². The van der Waals surface area contributed by atoms with Crippen molar-refractivity contribution < 1.29 is 19.0 Å². The summed E-state index contributed by atoms with van der Waals surface area (Å²) >= 11 is 8.86. The third-order valence-corrected chi connectivity index (χ3v) is 8.19. The smallest absolute Gasteiger partial charge is 0.248 e. The highest BCUT2D eigenvalue weighted by atomic mass is 35.5. The molecule has 0 aliphatic heterocycles. The van der Waals surface area contributed by atoms with Gasteiger partial charge in [0.05, 0.1) is 27.0 Å². The molecule has 0 bridgehead atoms. The zero-order chi connectivity index (χ0) is 29.6. The van der Waals surface area contributed by atoms with Crippen molar-refractivity contribution in [3.63, 3.8) is 0 Å². The number of nitrogens with zero attached hydrogens (tertiary/aromatic N) is 2. The zero-order valence-corrected chi connectivity index (χ0v) is 25.2. The molecule has 12 heteroatoms. The number of nitrogens with one attached hydrogen (secondary N) is 2. The van der Waals surface area contributed by atoms with E-state index in [1.165, 1.54) is 28.7 Å². The third kappa shape index (κ3) is 6.65. The molecule has 3 aromatic carbocycles. The van der Waals surface area contributed by atoms with Crippen LogP contribution in [0.2, 0.25) is 5.02 Å². The molecule has 42 heavy (non-hydrogen) atoms. The van der Waals surface area contributed by atoms with E-state index in [0.29, 0.717) is 44.6 Å². The molecule has 4 N–H and O–H groups in total. The van der Waals surface area contributed by atoms with E-state index in [9.17, 15) is 4.79 Å². The topological polar surface area (TPSA) is 121 Å². The van der Waals surface area contributed by atoms with E-state index in [-0.39, 0.29) is 5.91 Å². The summed E-state index contributed by atoms with van der Waals surface area (Å²) < 4.78 is 16.3. The van der Waals surface area contributed by atoms with Gasteiger partial charge in [0.2, 0.25) is 11.7 Å². The molecule has 2 heterocycles. The fourth-order valence-electron chi connectivity index (χ4n) is 4.05. The molecular formula is C30H26ClN5O4S2. The summed E-state index contributed by atoms with van der Waals surface area (Å²) in [4.78, 5) is 22.5. The van der Waals surface area contributed by atoms with Crippen molar-refractivity contribution in [3.8, 4) is 38.4 Å². The van der Waals surface area contributed by atoms with Crippen LogP contribution >= 0.6 is 34.3 Å². The number of thiazole rings is 2. The second kappa shape index (κ2) is 12.9. The SMILES string of the molecule is COc1cc(Nc2nc(N)c(-c3nc(-c4cccc(NC(=O)/C=C/c5cccc(Cl)c5)c4)cs3)s2)cc(OC)c1OC. The van der Waals surface area contributed by atoms with Crippen molar-refractivity contribution in [1.82, 2.24) is 9.97 Å². The number of carbonyl (C=O) groups is 1. The van der Waals surface area contributed by atoms with Gasteiger partial charge in [0.25, 0.3) is 0 Å². The van der Waals surface area contributed by atoms with Gasteiger partial charge in [0.15, 0.2) is 16.6 Å². The van der Waals surface area contributed by atoms with E-state index < -0.39 is 0 Å². The molecule has 0 saturated carbocycles. The van der Waals surface area contributed by atoms with Crippen LogP contribution in [0.5, 0.6) is 17.2 Å². The zero-order valence-electron chi connectivity index (χ0n) is 22.8. The number of nitrogen functional groups attached to an aromatic ring is 1. The number of amides is 1. The second-order valence-electron chi connectivity index (χ2n) is 8.77. The highest BCUT2D eigenvalue weighted by molar-refractivity contribution is 7.23. The molecule has 0 atom stereocenters. The first-order chi connectivity index (χ1) is 20.4. The largest absolute Gasteiger partial charge is 0.493 e. The number of benzene rings is 3. The first kappa shape index (κ1) is 28.9. The van der Waals surface area contributed by atoms with Gasteiger partial charge in [-0.15, -0.1) is 11.3 Å². The van der Waals surface area contributed by atoms with E-state index in [4.69, 9.17) is 36.5 Å². The maximum absolute atomic E-state index is 12.5. The number of aromatic nitrogens is 2. The highest BCUT2D eigenvalue weighted by Crippen LogP contribution is 2.43. The maximum atomic E-state index is 12.5. The van der Waals surface area contributed by atoms with Crippen molar-refractivity contribution in [3.05, 3.63) is 82.7 Å². The van der Waals surface area contributed by atoms with Gasteiger partial charge in [-0.3, -0.25) is 4.79 Å². The summed E-state index contributed by atoms with van der Waals surface area (Å²) in [7, 11) is 4.67. The van der Waals surface area contributed by atoms with Gasteiger partial charge in [-0.25, -0.2) is 9.97 Å². The first-order valence-electron chi connectivity index (χ1n) is 12.5. The summed E-state index contributed by atoms with van der Waals surface area (Å²) in [6.07, 6.45) is 3.18. The Hall–Kier alpha value is -4.58. The molecule has 0 aliphatic carbocycles. The highest BCUT2D eigenvalue weighted by Gasteiger charge is 2.18. The molecular weight excluding hydrogens is 594 g/mol. The molecule has 2 aromatic heterocycles. The van der Waals surface area contributed by atoms with Gasteiger partial charge in [-0.2, -0.15) is 0 Å². The van der Waals surface area contributed by atoms with Crippen LogP contribution in [0.3, 0.4) is 0 Å². The molecule has 5 aromatic rings. The van der Waals surface area contributed by atoms with Crippen molar-refractivity contribution in [2.45, 2.75) is 0 Å². The van der Waals surface area contributed by atoms with Crippen molar-refractivity contribution >= 4 is 68.6 Å². The van der Waals surface area contributed by atoms with Crippen LogP contribution in [-0.2, 0) is 4.79 Å². The monoisotopic (exact) mass is 619 g/mol. The Bertz CT molecular complexity index is 1740. The molecule has 214 valence electrons. The van der Waals surface area contributed by atoms with Crippen LogP contribution in [0.1, 0.15) is 5.56 Å². The lowest BCUT2D eigenvalue weighted by Gasteiger charge is -2.14. The Balaban J connectivity index is 1.31. The lowest BCUT2D eigenvalue weighted by atomic mass is 10.1. The van der Waals surface area contributed by atoms with Gasteiger partial charge < -0.3 is 30.6 Å². The fraction of sp³-hybridized carbons (Fsp3) is 0.100. The van der Waals surface area contributed by atoms with Crippen LogP contribution < -0.4 is 30.6 Å². The second-order valence-corrected chi connectivity index (χ2v) is 11.1. The maximum Gasteiger partial charge on any atom is 0.248 e. The Kier molecular flexibility index (Phi) is 8.91. The van der Waals surface area contributed by atoms with Crippen LogP contribution in [0.25, 0.3) is 27.2 Å². The summed E-state index contributed by atoms with van der Waals surface area (Å²) in [5.41, 5.74) is 10.1. The average molecular weight is 620 g/mol. The van der Waals surface area contributed by atoms with Crippen molar-refractivity contribution in [2.75, 3.05) is 37.7 Å². The number of ether oxygens (including phenoxy) is 3. The van der Waals surface area contributed by atoms with Crippen molar-refractivity contribution in [2.24, 2.45) is 0 Å². The number of rotatable bonds is 10. The summed E-state index contributed by atoms with van der Waals surface area (Å²) in [5.74, 6) is 1.64. The standard InChI is InChI=1S/C30H26ClN5O4S2/c1-38-23-14-21(15-24(39-2)26(23)40-3)34-30-36-28(32)27(42-30)29-35-22(16-41-29)18-7-5-9-20(13-18)33-25(37)11-10-17-6-4-8-19(31)12-17/h4-16H,32H2,1-3H3,(H,33,37)(H,34,36)/b11-10+. The number of nitrogens with two attached hydrogens (primary N) is 1. The Morgan fingerprint density at radius 1 is 0.952 bits per heavy atom. The third-order valence-electron chi connectivity index (χ3n) is 5.97. The molecule has 9 nitrogen and oxygen atoms in total. The Labute approximate surface area is 255 Å².